The van der Waals surface area contributed by atoms with Crippen molar-refractivity contribution >= 4 is 15.9 Å². The molecule has 2 heterocycles. The van der Waals surface area contributed by atoms with Crippen LogP contribution >= 0.6 is 0 Å². The number of carbonyl (C=O) groups is 1. The summed E-state index contributed by atoms with van der Waals surface area (Å²) >= 11 is 0. The van der Waals surface area contributed by atoms with Gasteiger partial charge in [0, 0.05) is 13.1 Å². The van der Waals surface area contributed by atoms with Gasteiger partial charge in [-0.25, -0.2) is 13.2 Å². The Bertz CT molecular complexity index is 458. The molecule has 18 heavy (non-hydrogen) atoms. The second-order valence-electron chi connectivity index (χ2n) is 6.02. The Labute approximate surface area is 107 Å². The van der Waals surface area contributed by atoms with Crippen LogP contribution < -0.4 is 0 Å². The third kappa shape index (κ3) is 1.99. The topological polar surface area (TPSA) is 83.9 Å². The standard InChI is InChI=1S/C11H19NO5S/c1-10(2,3)17-9(14)12-6-11(7-12)8(13)4-5-18(11,15)16/h8,13H,4-7H2,1-3H3/t8-/m0/s1. The Morgan fingerprint density at radius 3 is 2.33 bits per heavy atom. The minimum Gasteiger partial charge on any atom is -0.444 e. The molecule has 7 heteroatoms. The summed E-state index contributed by atoms with van der Waals surface area (Å²) in [5.74, 6) is -0.00365. The summed E-state index contributed by atoms with van der Waals surface area (Å²) < 4.78 is 27.8. The first-order valence-electron chi connectivity index (χ1n) is 5.96. The van der Waals surface area contributed by atoms with Crippen molar-refractivity contribution < 1.29 is 23.1 Å². The first-order chi connectivity index (χ1) is 8.07. The molecular weight excluding hydrogens is 258 g/mol. The van der Waals surface area contributed by atoms with Crippen molar-refractivity contribution in [3.8, 4) is 0 Å². The monoisotopic (exact) mass is 277 g/mol. The Morgan fingerprint density at radius 2 is 1.94 bits per heavy atom. The van der Waals surface area contributed by atoms with Crippen molar-refractivity contribution in [1.82, 2.24) is 4.90 Å². The van der Waals surface area contributed by atoms with Gasteiger partial charge in [-0.05, 0) is 27.2 Å². The van der Waals surface area contributed by atoms with Crippen LogP contribution in [-0.4, -0.2) is 59.8 Å². The molecule has 2 rings (SSSR count). The zero-order chi connectivity index (χ0) is 13.8. The van der Waals surface area contributed by atoms with Crippen LogP contribution in [0.1, 0.15) is 27.2 Å². The number of rotatable bonds is 0. The lowest BCUT2D eigenvalue weighted by atomic mass is 9.92. The van der Waals surface area contributed by atoms with E-state index in [1.807, 2.05) is 0 Å². The highest BCUT2D eigenvalue weighted by atomic mass is 32.2. The van der Waals surface area contributed by atoms with Gasteiger partial charge in [-0.3, -0.25) is 0 Å². The van der Waals surface area contributed by atoms with E-state index in [2.05, 4.69) is 0 Å². The van der Waals surface area contributed by atoms with Gasteiger partial charge in [0.05, 0.1) is 11.9 Å². The molecule has 2 aliphatic rings. The fourth-order valence-electron chi connectivity index (χ4n) is 2.40. The lowest BCUT2D eigenvalue weighted by Crippen LogP contribution is -2.70. The molecule has 1 atom stereocenters. The van der Waals surface area contributed by atoms with E-state index < -0.39 is 32.4 Å². The summed E-state index contributed by atoms with van der Waals surface area (Å²) in [5.41, 5.74) is -0.604. The number of carbonyl (C=O) groups excluding carboxylic acids is 1. The number of hydrogen-bond acceptors (Lipinski definition) is 5. The molecule has 104 valence electrons. The number of hydrogen-bond donors (Lipinski definition) is 1. The summed E-state index contributed by atoms with van der Waals surface area (Å²) in [4.78, 5) is 13.1. The van der Waals surface area contributed by atoms with Crippen LogP contribution in [0.4, 0.5) is 4.79 Å². The van der Waals surface area contributed by atoms with E-state index in [1.165, 1.54) is 4.90 Å². The number of aliphatic hydroxyl groups excluding tert-OH is 1. The van der Waals surface area contributed by atoms with Crippen molar-refractivity contribution in [3.63, 3.8) is 0 Å². The molecule has 2 fully saturated rings. The molecule has 1 N–H and O–H groups in total. The van der Waals surface area contributed by atoms with Crippen LogP contribution in [0.3, 0.4) is 0 Å². The summed E-state index contributed by atoms with van der Waals surface area (Å²) in [6, 6.07) is 0. The number of likely N-dealkylation sites (tertiary alicyclic amines) is 1. The van der Waals surface area contributed by atoms with Gasteiger partial charge in [-0.15, -0.1) is 0 Å². The average molecular weight is 277 g/mol. The molecular formula is C11H19NO5S. The van der Waals surface area contributed by atoms with Crippen LogP contribution in [0.25, 0.3) is 0 Å². The quantitative estimate of drug-likeness (QED) is 0.681. The van der Waals surface area contributed by atoms with Crippen molar-refractivity contribution in [1.29, 1.82) is 0 Å². The number of aliphatic hydroxyl groups is 1. The summed E-state index contributed by atoms with van der Waals surface area (Å²) in [5, 5.41) is 9.81. The van der Waals surface area contributed by atoms with Gasteiger partial charge in [-0.1, -0.05) is 0 Å². The normalized spacial score (nSPS) is 29.1. The summed E-state index contributed by atoms with van der Waals surface area (Å²) in [6.45, 7) is 5.32. The van der Waals surface area contributed by atoms with Crippen LogP contribution in [0.2, 0.25) is 0 Å². The Balaban J connectivity index is 2.04. The molecule has 0 aromatic heterocycles. The zero-order valence-corrected chi connectivity index (χ0v) is 11.7. The molecule has 2 aliphatic heterocycles. The maximum atomic E-state index is 11.9. The van der Waals surface area contributed by atoms with Gasteiger partial charge in [0.15, 0.2) is 9.84 Å². The molecule has 1 amide bonds. The van der Waals surface area contributed by atoms with E-state index in [0.29, 0.717) is 0 Å². The summed E-state index contributed by atoms with van der Waals surface area (Å²) in [7, 11) is -3.31. The van der Waals surface area contributed by atoms with E-state index in [0.717, 1.165) is 0 Å². The molecule has 2 saturated heterocycles. The van der Waals surface area contributed by atoms with Crippen LogP contribution in [0.15, 0.2) is 0 Å². The maximum absolute atomic E-state index is 11.9. The lowest BCUT2D eigenvalue weighted by molar-refractivity contribution is -0.0166. The summed E-state index contributed by atoms with van der Waals surface area (Å²) in [6.07, 6.45) is -1.14. The fraction of sp³-hybridized carbons (Fsp3) is 0.909. The number of sulfone groups is 1. The van der Waals surface area contributed by atoms with E-state index >= 15 is 0 Å². The highest BCUT2D eigenvalue weighted by Crippen LogP contribution is 2.40. The molecule has 6 nitrogen and oxygen atoms in total. The van der Waals surface area contributed by atoms with E-state index in [9.17, 15) is 18.3 Å². The average Bonchev–Trinajstić information content (AvgIpc) is 2.31. The predicted molar refractivity (Wildman–Crippen MR) is 64.9 cm³/mol. The first kappa shape index (κ1) is 13.6. The van der Waals surface area contributed by atoms with Crippen molar-refractivity contribution in [2.45, 2.75) is 43.6 Å². The van der Waals surface area contributed by atoms with Gasteiger partial charge in [-0.2, -0.15) is 0 Å². The van der Waals surface area contributed by atoms with Crippen LogP contribution in [-0.2, 0) is 14.6 Å². The van der Waals surface area contributed by atoms with Gasteiger partial charge in [0.2, 0.25) is 0 Å². The second kappa shape index (κ2) is 3.84. The zero-order valence-electron chi connectivity index (χ0n) is 10.8. The number of amides is 1. The van der Waals surface area contributed by atoms with Gasteiger partial charge in [0.1, 0.15) is 10.3 Å². The molecule has 0 aliphatic carbocycles. The van der Waals surface area contributed by atoms with Crippen LogP contribution in [0.5, 0.6) is 0 Å². The molecule has 1 spiro atoms. The SMILES string of the molecule is CC(C)(C)OC(=O)N1CC2(C1)[C@@H](O)CCS2(=O)=O. The third-order valence-electron chi connectivity index (χ3n) is 3.46. The van der Waals surface area contributed by atoms with E-state index in [4.69, 9.17) is 4.74 Å². The fourth-order valence-corrected chi connectivity index (χ4v) is 4.58. The molecule has 0 bridgehead atoms. The van der Waals surface area contributed by atoms with Crippen molar-refractivity contribution in [2.75, 3.05) is 18.8 Å². The van der Waals surface area contributed by atoms with E-state index in [-0.39, 0.29) is 25.3 Å². The lowest BCUT2D eigenvalue weighted by Gasteiger charge is -2.48. The first-order valence-corrected chi connectivity index (χ1v) is 7.61. The molecule has 0 aromatic carbocycles. The van der Waals surface area contributed by atoms with Crippen molar-refractivity contribution in [2.24, 2.45) is 0 Å². The minimum atomic E-state index is -3.31. The van der Waals surface area contributed by atoms with Crippen LogP contribution in [0, 0.1) is 0 Å². The van der Waals surface area contributed by atoms with Gasteiger partial charge in [0.25, 0.3) is 0 Å². The van der Waals surface area contributed by atoms with E-state index in [1.54, 1.807) is 20.8 Å². The van der Waals surface area contributed by atoms with Gasteiger partial charge >= 0.3 is 6.09 Å². The third-order valence-corrected chi connectivity index (χ3v) is 6.00. The molecule has 0 aromatic rings. The Kier molecular flexibility index (Phi) is 2.90. The minimum absolute atomic E-state index is 0.00365. The smallest absolute Gasteiger partial charge is 0.410 e. The number of nitrogens with zero attached hydrogens (tertiary/aromatic N) is 1. The Morgan fingerprint density at radius 1 is 1.39 bits per heavy atom. The highest BCUT2D eigenvalue weighted by molar-refractivity contribution is 7.93. The second-order valence-corrected chi connectivity index (χ2v) is 8.48. The largest absolute Gasteiger partial charge is 0.444 e. The van der Waals surface area contributed by atoms with Crippen molar-refractivity contribution in [3.05, 3.63) is 0 Å². The maximum Gasteiger partial charge on any atom is 0.410 e. The highest BCUT2D eigenvalue weighted by Gasteiger charge is 2.63. The molecule has 0 unspecified atom stereocenters. The molecule has 0 radical (unpaired) electrons. The molecule has 0 saturated carbocycles. The Hall–Kier alpha value is -0.820. The predicted octanol–water partition coefficient (Wildman–Crippen LogP) is 0.155. The van der Waals surface area contributed by atoms with Gasteiger partial charge < -0.3 is 14.7 Å². The number of ether oxygens (including phenoxy) is 1.